The molecular weight excluding hydrogens is 380 g/mol. The molecule has 0 aliphatic heterocycles. The average Bonchev–Trinajstić information content (AvgIpc) is 2.81. The van der Waals surface area contributed by atoms with Gasteiger partial charge in [0, 0.05) is 24.0 Å². The summed E-state index contributed by atoms with van der Waals surface area (Å²) >= 11 is 0. The van der Waals surface area contributed by atoms with E-state index in [-0.39, 0.29) is 0 Å². The van der Waals surface area contributed by atoms with Crippen molar-refractivity contribution in [1.82, 2.24) is 4.90 Å². The lowest BCUT2D eigenvalue weighted by Crippen LogP contribution is -2.33. The number of methoxy groups -OCH3 is 1. The van der Waals surface area contributed by atoms with E-state index in [2.05, 4.69) is 43.0 Å². The molecule has 0 saturated heterocycles. The second-order valence-electron chi connectivity index (χ2n) is 8.73. The molecule has 3 heteroatoms. The summed E-state index contributed by atoms with van der Waals surface area (Å²) in [5.41, 5.74) is 1.02. The number of nitrogens with zero attached hydrogens (tertiary/aromatic N) is 1. The molecule has 0 fully saturated rings. The zero-order valence-electron chi connectivity index (χ0n) is 20.2. The Kier molecular flexibility index (Phi) is 12.1. The van der Waals surface area contributed by atoms with Gasteiger partial charge in [0.25, 0.3) is 0 Å². The molecule has 31 heavy (non-hydrogen) atoms. The topological polar surface area (TPSA) is 36.3 Å². The first-order valence-corrected chi connectivity index (χ1v) is 12.6. The third-order valence-corrected chi connectivity index (χ3v) is 6.24. The molecule has 0 heterocycles. The lowest BCUT2D eigenvalue weighted by molar-refractivity contribution is 0.383. The van der Waals surface area contributed by atoms with E-state index >= 15 is 0 Å². The summed E-state index contributed by atoms with van der Waals surface area (Å²) in [5, 5.41) is 11.3. The number of nitrogens with one attached hydrogen (secondary N) is 1. The largest absolute Gasteiger partial charge is 0.496 e. The normalized spacial score (nSPS) is 11.1. The second kappa shape index (κ2) is 14.9. The molecular formula is C28H44N2O. The van der Waals surface area contributed by atoms with Crippen molar-refractivity contribution in [3.8, 4) is 5.75 Å². The van der Waals surface area contributed by atoms with Crippen molar-refractivity contribution < 1.29 is 4.74 Å². The molecule has 0 aliphatic carbocycles. The van der Waals surface area contributed by atoms with Crippen LogP contribution in [0.5, 0.6) is 5.75 Å². The van der Waals surface area contributed by atoms with Crippen LogP contribution < -0.4 is 4.74 Å². The van der Waals surface area contributed by atoms with Gasteiger partial charge >= 0.3 is 0 Å². The first kappa shape index (κ1) is 25.2. The summed E-state index contributed by atoms with van der Waals surface area (Å²) in [5.74, 6) is 1.55. The summed E-state index contributed by atoms with van der Waals surface area (Å²) in [6, 6.07) is 12.4. The van der Waals surface area contributed by atoms with E-state index in [9.17, 15) is 0 Å². The zero-order chi connectivity index (χ0) is 22.3. The van der Waals surface area contributed by atoms with Crippen molar-refractivity contribution in [1.29, 1.82) is 5.41 Å². The minimum Gasteiger partial charge on any atom is -0.496 e. The van der Waals surface area contributed by atoms with Gasteiger partial charge in [-0.2, -0.15) is 0 Å². The Morgan fingerprint density at radius 2 is 1.23 bits per heavy atom. The summed E-state index contributed by atoms with van der Waals surface area (Å²) in [6.45, 7) is 6.51. The summed E-state index contributed by atoms with van der Waals surface area (Å²) in [4.78, 5) is 2.33. The van der Waals surface area contributed by atoms with Gasteiger partial charge < -0.3 is 9.64 Å². The fraction of sp³-hybridized carbons (Fsp3) is 0.607. The quantitative estimate of drug-likeness (QED) is 0.167. The number of hydrogen-bond donors (Lipinski definition) is 1. The van der Waals surface area contributed by atoms with E-state index in [1.165, 1.54) is 77.0 Å². The van der Waals surface area contributed by atoms with Gasteiger partial charge in [-0.1, -0.05) is 102 Å². The van der Waals surface area contributed by atoms with Gasteiger partial charge in [0.15, 0.2) is 0 Å². The predicted molar refractivity (Wildman–Crippen MR) is 136 cm³/mol. The third-order valence-electron chi connectivity index (χ3n) is 6.24. The van der Waals surface area contributed by atoms with E-state index in [1.807, 2.05) is 12.1 Å². The third kappa shape index (κ3) is 8.20. The Morgan fingerprint density at radius 3 is 1.77 bits per heavy atom. The molecule has 2 rings (SSSR count). The highest BCUT2D eigenvalue weighted by molar-refractivity contribution is 6.09. The van der Waals surface area contributed by atoms with Crippen LogP contribution in [0.4, 0.5) is 0 Å². The summed E-state index contributed by atoms with van der Waals surface area (Å²) in [6.07, 6.45) is 15.5. The van der Waals surface area contributed by atoms with Crippen molar-refractivity contribution in [3.05, 3.63) is 42.0 Å². The predicted octanol–water partition coefficient (Wildman–Crippen LogP) is 8.20. The van der Waals surface area contributed by atoms with Gasteiger partial charge in [0.2, 0.25) is 0 Å². The van der Waals surface area contributed by atoms with Crippen LogP contribution in [-0.2, 0) is 0 Å². The minimum absolute atomic E-state index is 0.668. The van der Waals surface area contributed by atoms with Gasteiger partial charge in [-0.25, -0.2) is 0 Å². The number of unbranched alkanes of at least 4 members (excludes halogenated alkanes) is 10. The molecule has 0 bridgehead atoms. The van der Waals surface area contributed by atoms with E-state index in [4.69, 9.17) is 10.1 Å². The molecule has 1 N–H and O–H groups in total. The smallest absolute Gasteiger partial charge is 0.128 e. The fourth-order valence-corrected chi connectivity index (χ4v) is 4.33. The monoisotopic (exact) mass is 424 g/mol. The molecule has 0 spiro atoms. The SMILES string of the molecule is CCCCCCCCN(CCCCCCCC)C(=N)c1ccc(OC)c2ccccc12. The van der Waals surface area contributed by atoms with Gasteiger partial charge in [0.05, 0.1) is 7.11 Å². The van der Waals surface area contributed by atoms with Crippen molar-refractivity contribution in [2.75, 3.05) is 20.2 Å². The molecule has 0 amide bonds. The van der Waals surface area contributed by atoms with Crippen LogP contribution in [0.2, 0.25) is 0 Å². The van der Waals surface area contributed by atoms with Gasteiger partial charge in [0.1, 0.15) is 11.6 Å². The maximum Gasteiger partial charge on any atom is 0.128 e. The molecule has 0 atom stereocenters. The average molecular weight is 425 g/mol. The number of rotatable bonds is 16. The summed E-state index contributed by atoms with van der Waals surface area (Å²) in [7, 11) is 1.72. The van der Waals surface area contributed by atoms with Crippen molar-refractivity contribution in [3.63, 3.8) is 0 Å². The number of fused-ring (bicyclic) bond motifs is 1. The second-order valence-corrected chi connectivity index (χ2v) is 8.73. The van der Waals surface area contributed by atoms with Crippen LogP contribution in [0.15, 0.2) is 36.4 Å². The fourth-order valence-electron chi connectivity index (χ4n) is 4.33. The van der Waals surface area contributed by atoms with Gasteiger partial charge in [-0.15, -0.1) is 0 Å². The Morgan fingerprint density at radius 1 is 0.710 bits per heavy atom. The number of benzene rings is 2. The number of ether oxygens (including phenoxy) is 1. The Balaban J connectivity index is 2.06. The highest BCUT2D eigenvalue weighted by Gasteiger charge is 2.16. The molecule has 0 aliphatic rings. The zero-order valence-corrected chi connectivity index (χ0v) is 20.2. The lowest BCUT2D eigenvalue weighted by atomic mass is 10.0. The molecule has 172 valence electrons. The maximum absolute atomic E-state index is 9.07. The van der Waals surface area contributed by atoms with E-state index in [1.54, 1.807) is 7.11 Å². The Bertz CT molecular complexity index is 755. The first-order chi connectivity index (χ1) is 15.2. The van der Waals surface area contributed by atoms with Crippen LogP contribution in [0.25, 0.3) is 10.8 Å². The molecule has 0 saturated carbocycles. The number of hydrogen-bond acceptors (Lipinski definition) is 2. The number of amidine groups is 1. The Labute approximate surface area is 190 Å². The maximum atomic E-state index is 9.07. The molecule has 0 unspecified atom stereocenters. The van der Waals surface area contributed by atoms with Crippen LogP contribution in [0.1, 0.15) is 96.5 Å². The molecule has 2 aromatic carbocycles. The van der Waals surface area contributed by atoms with Crippen molar-refractivity contribution in [2.24, 2.45) is 0 Å². The molecule has 2 aromatic rings. The highest BCUT2D eigenvalue weighted by atomic mass is 16.5. The van der Waals surface area contributed by atoms with E-state index in [0.29, 0.717) is 5.84 Å². The van der Waals surface area contributed by atoms with Gasteiger partial charge in [-0.3, -0.25) is 5.41 Å². The van der Waals surface area contributed by atoms with Crippen LogP contribution in [-0.4, -0.2) is 30.9 Å². The van der Waals surface area contributed by atoms with Crippen LogP contribution >= 0.6 is 0 Å². The van der Waals surface area contributed by atoms with Crippen LogP contribution in [0.3, 0.4) is 0 Å². The van der Waals surface area contributed by atoms with Gasteiger partial charge in [-0.05, 0) is 30.4 Å². The van der Waals surface area contributed by atoms with Crippen molar-refractivity contribution >= 4 is 16.6 Å². The van der Waals surface area contributed by atoms with E-state index in [0.717, 1.165) is 35.2 Å². The van der Waals surface area contributed by atoms with E-state index < -0.39 is 0 Å². The Hall–Kier alpha value is -2.03. The molecule has 0 aromatic heterocycles. The summed E-state index contributed by atoms with van der Waals surface area (Å²) < 4.78 is 5.56. The lowest BCUT2D eigenvalue weighted by Gasteiger charge is -2.26. The van der Waals surface area contributed by atoms with Crippen LogP contribution in [0, 0.1) is 5.41 Å². The molecule has 0 radical (unpaired) electrons. The highest BCUT2D eigenvalue weighted by Crippen LogP contribution is 2.29. The van der Waals surface area contributed by atoms with Crippen molar-refractivity contribution in [2.45, 2.75) is 90.9 Å². The standard InChI is InChI=1S/C28H44N2O/c1-4-6-8-10-12-16-22-30(23-17-13-11-9-7-5-2)28(29)26-20-21-27(31-3)25-19-15-14-18-24(25)26/h14-15,18-21,29H,4-13,16-17,22-23H2,1-3H3. The minimum atomic E-state index is 0.668. The first-order valence-electron chi connectivity index (χ1n) is 12.6. The molecule has 3 nitrogen and oxygen atoms in total.